The highest BCUT2D eigenvalue weighted by atomic mass is 35.5. The van der Waals surface area contributed by atoms with E-state index in [2.05, 4.69) is 15.3 Å². The number of carbonyl (C=O) groups excluding carboxylic acids is 2. The Kier molecular flexibility index (Phi) is 8.88. The molecule has 0 saturated carbocycles. The SMILES string of the molecule is Cc1cc(OCCCc2c(C(=O)NCCC(=O)NS(=O)(=O)c3cccnc3)[nH]c3ccccc23)cc(C)c1Cl. The van der Waals surface area contributed by atoms with E-state index in [1.807, 2.05) is 55.0 Å². The third-order valence-electron chi connectivity index (χ3n) is 6.12. The highest BCUT2D eigenvalue weighted by Gasteiger charge is 2.20. The van der Waals surface area contributed by atoms with E-state index >= 15 is 0 Å². The van der Waals surface area contributed by atoms with Crippen LogP contribution in [-0.2, 0) is 21.2 Å². The van der Waals surface area contributed by atoms with Gasteiger partial charge in [0.25, 0.3) is 15.9 Å². The second-order valence-corrected chi connectivity index (χ2v) is 11.1. The number of H-pyrrole nitrogens is 1. The van der Waals surface area contributed by atoms with Gasteiger partial charge in [-0.3, -0.25) is 14.6 Å². The summed E-state index contributed by atoms with van der Waals surface area (Å²) in [6.07, 6.45) is 3.62. The van der Waals surface area contributed by atoms with Crippen LogP contribution in [0.15, 0.2) is 65.8 Å². The number of amides is 2. The lowest BCUT2D eigenvalue weighted by atomic mass is 10.1. The molecule has 3 N–H and O–H groups in total. The summed E-state index contributed by atoms with van der Waals surface area (Å²) in [7, 11) is -4.03. The van der Waals surface area contributed by atoms with E-state index in [1.165, 1.54) is 18.3 Å². The van der Waals surface area contributed by atoms with Crippen LogP contribution in [0.5, 0.6) is 5.75 Å². The molecular weight excluding hydrogens is 540 g/mol. The first-order valence-electron chi connectivity index (χ1n) is 12.4. The largest absolute Gasteiger partial charge is 0.494 e. The Bertz CT molecular complexity index is 1580. The van der Waals surface area contributed by atoms with Gasteiger partial charge in [-0.2, -0.15) is 0 Å². The number of nitrogens with zero attached hydrogens (tertiary/aromatic N) is 1. The predicted octanol–water partition coefficient (Wildman–Crippen LogP) is 4.47. The maximum absolute atomic E-state index is 13.0. The van der Waals surface area contributed by atoms with Crippen LogP contribution in [0.1, 0.15) is 40.0 Å². The highest BCUT2D eigenvalue weighted by molar-refractivity contribution is 7.90. The maximum atomic E-state index is 13.0. The molecule has 0 unspecified atom stereocenters. The number of aromatic amines is 1. The summed E-state index contributed by atoms with van der Waals surface area (Å²) in [4.78, 5) is 32.1. The van der Waals surface area contributed by atoms with Crippen LogP contribution in [0, 0.1) is 13.8 Å². The van der Waals surface area contributed by atoms with Gasteiger partial charge in [0.15, 0.2) is 0 Å². The van der Waals surface area contributed by atoms with Crippen molar-refractivity contribution < 1.29 is 22.7 Å². The van der Waals surface area contributed by atoms with Gasteiger partial charge in [-0.05, 0) is 73.7 Å². The lowest BCUT2D eigenvalue weighted by molar-refractivity contribution is -0.119. The van der Waals surface area contributed by atoms with E-state index in [0.29, 0.717) is 25.1 Å². The molecule has 204 valence electrons. The Morgan fingerprint density at radius 1 is 1.08 bits per heavy atom. The molecule has 0 aliphatic carbocycles. The van der Waals surface area contributed by atoms with E-state index < -0.39 is 15.9 Å². The van der Waals surface area contributed by atoms with Crippen molar-refractivity contribution in [1.29, 1.82) is 0 Å². The quantitative estimate of drug-likeness (QED) is 0.229. The predicted molar refractivity (Wildman–Crippen MR) is 150 cm³/mol. The summed E-state index contributed by atoms with van der Waals surface area (Å²) in [6, 6.07) is 14.2. The molecule has 2 aromatic heterocycles. The zero-order chi connectivity index (χ0) is 28.0. The van der Waals surface area contributed by atoms with E-state index in [4.69, 9.17) is 16.3 Å². The molecule has 4 aromatic rings. The van der Waals surface area contributed by atoms with Crippen LogP contribution < -0.4 is 14.8 Å². The van der Waals surface area contributed by atoms with Gasteiger partial charge >= 0.3 is 0 Å². The molecule has 0 bridgehead atoms. The number of nitrogens with one attached hydrogen (secondary N) is 3. The minimum atomic E-state index is -4.03. The minimum absolute atomic E-state index is 0.0413. The van der Waals surface area contributed by atoms with Gasteiger partial charge in [0, 0.05) is 41.3 Å². The van der Waals surface area contributed by atoms with Crippen molar-refractivity contribution in [2.24, 2.45) is 0 Å². The zero-order valence-electron chi connectivity index (χ0n) is 21.6. The zero-order valence-corrected chi connectivity index (χ0v) is 23.2. The van der Waals surface area contributed by atoms with Crippen LogP contribution >= 0.6 is 11.6 Å². The van der Waals surface area contributed by atoms with Gasteiger partial charge in [0.1, 0.15) is 16.3 Å². The number of carbonyl (C=O) groups is 2. The molecule has 2 amide bonds. The first-order valence-corrected chi connectivity index (χ1v) is 14.2. The van der Waals surface area contributed by atoms with Crippen LogP contribution in [0.25, 0.3) is 10.9 Å². The minimum Gasteiger partial charge on any atom is -0.494 e. The Morgan fingerprint density at radius 3 is 2.54 bits per heavy atom. The van der Waals surface area contributed by atoms with Gasteiger partial charge in [0.2, 0.25) is 5.91 Å². The molecule has 2 aromatic carbocycles. The number of aromatic nitrogens is 2. The number of para-hydroxylation sites is 1. The standard InChI is InChI=1S/C28H29ClN4O5S/c1-18-15-20(16-19(2)26(18)29)38-14-6-9-23-22-8-3-4-10-24(22)32-27(23)28(35)31-13-11-25(34)33-39(36,37)21-7-5-12-30-17-21/h3-5,7-8,10,12,15-17,32H,6,9,11,13-14H2,1-2H3,(H,31,35)(H,33,34). The lowest BCUT2D eigenvalue weighted by Crippen LogP contribution is -2.34. The fourth-order valence-electron chi connectivity index (χ4n) is 4.23. The Labute approximate surface area is 232 Å². The molecule has 0 radical (unpaired) electrons. The average Bonchev–Trinajstić information content (AvgIpc) is 3.28. The van der Waals surface area contributed by atoms with Crippen LogP contribution in [0.4, 0.5) is 0 Å². The topological polar surface area (TPSA) is 130 Å². The van der Waals surface area contributed by atoms with Crippen LogP contribution in [0.3, 0.4) is 0 Å². The lowest BCUT2D eigenvalue weighted by Gasteiger charge is -2.11. The highest BCUT2D eigenvalue weighted by Crippen LogP contribution is 2.27. The number of sulfonamides is 1. The Hall–Kier alpha value is -3.89. The van der Waals surface area contributed by atoms with Gasteiger partial charge < -0.3 is 15.0 Å². The normalized spacial score (nSPS) is 11.4. The first kappa shape index (κ1) is 28.1. The third-order valence-corrected chi connectivity index (χ3v) is 8.08. The van der Waals surface area contributed by atoms with Gasteiger partial charge in [-0.25, -0.2) is 13.1 Å². The van der Waals surface area contributed by atoms with Crippen molar-refractivity contribution in [3.05, 3.63) is 88.3 Å². The second-order valence-electron chi connectivity index (χ2n) is 9.07. The van der Waals surface area contributed by atoms with Gasteiger partial charge in [-0.1, -0.05) is 29.8 Å². The van der Waals surface area contributed by atoms with Crippen molar-refractivity contribution in [3.8, 4) is 5.75 Å². The fraction of sp³-hybridized carbons (Fsp3) is 0.250. The third kappa shape index (κ3) is 6.96. The van der Waals surface area contributed by atoms with E-state index in [1.54, 1.807) is 0 Å². The van der Waals surface area contributed by atoms with Crippen LogP contribution in [-0.4, -0.2) is 43.4 Å². The second kappa shape index (κ2) is 12.3. The molecular formula is C28H29ClN4O5S. The number of ether oxygens (including phenoxy) is 1. The van der Waals surface area contributed by atoms with Crippen LogP contribution in [0.2, 0.25) is 5.02 Å². The van der Waals surface area contributed by atoms with Crippen molar-refractivity contribution in [1.82, 2.24) is 20.0 Å². The molecule has 39 heavy (non-hydrogen) atoms. The summed E-state index contributed by atoms with van der Waals surface area (Å²) in [5.41, 5.74) is 3.97. The summed E-state index contributed by atoms with van der Waals surface area (Å²) >= 11 is 6.24. The van der Waals surface area contributed by atoms with E-state index in [0.717, 1.165) is 44.6 Å². The molecule has 2 heterocycles. The smallest absolute Gasteiger partial charge is 0.268 e. The van der Waals surface area contributed by atoms with E-state index in [9.17, 15) is 18.0 Å². The molecule has 0 aliphatic heterocycles. The number of hydrogen-bond acceptors (Lipinski definition) is 6. The number of halogens is 1. The van der Waals surface area contributed by atoms with Crippen molar-refractivity contribution in [2.45, 2.75) is 38.0 Å². The van der Waals surface area contributed by atoms with Crippen molar-refractivity contribution >= 4 is 44.3 Å². The molecule has 4 rings (SSSR count). The summed E-state index contributed by atoms with van der Waals surface area (Å²) in [6.45, 7) is 4.28. The molecule has 0 saturated heterocycles. The molecule has 9 nitrogen and oxygen atoms in total. The number of benzene rings is 2. The summed E-state index contributed by atoms with van der Waals surface area (Å²) in [5, 5.41) is 4.37. The summed E-state index contributed by atoms with van der Waals surface area (Å²) < 4.78 is 32.5. The molecule has 0 fully saturated rings. The number of fused-ring (bicyclic) bond motifs is 1. The Morgan fingerprint density at radius 2 is 1.82 bits per heavy atom. The summed E-state index contributed by atoms with van der Waals surface area (Å²) in [5.74, 6) is -0.370. The first-order chi connectivity index (χ1) is 18.7. The van der Waals surface area contributed by atoms with Gasteiger partial charge in [-0.15, -0.1) is 0 Å². The van der Waals surface area contributed by atoms with Crippen molar-refractivity contribution in [2.75, 3.05) is 13.2 Å². The fourth-order valence-corrected chi connectivity index (χ4v) is 5.31. The molecule has 0 aliphatic rings. The average molecular weight is 569 g/mol. The number of hydrogen-bond donors (Lipinski definition) is 3. The van der Waals surface area contributed by atoms with Gasteiger partial charge in [0.05, 0.1) is 6.61 Å². The molecule has 11 heteroatoms. The number of aryl methyl sites for hydroxylation is 3. The maximum Gasteiger partial charge on any atom is 0.268 e. The molecule has 0 spiro atoms. The molecule has 0 atom stereocenters. The van der Waals surface area contributed by atoms with E-state index in [-0.39, 0.29) is 23.8 Å². The monoisotopic (exact) mass is 568 g/mol. The van der Waals surface area contributed by atoms with Crippen molar-refractivity contribution in [3.63, 3.8) is 0 Å². The number of rotatable bonds is 11. The number of pyridine rings is 1. The Balaban J connectivity index is 1.35.